The largest absolute Gasteiger partial charge is 2.00 e. The molecule has 0 aliphatic rings. The van der Waals surface area contributed by atoms with E-state index in [-0.39, 0.29) is 40.0 Å². The minimum Gasteiger partial charge on any atom is -1.00 e. The normalized spacial score (nSPS) is 6.62. The maximum absolute atomic E-state index is 4.78. The van der Waals surface area contributed by atoms with Crippen LogP contribution in [0.4, 0.5) is 0 Å². The molecule has 0 saturated carbocycles. The van der Waals surface area contributed by atoms with E-state index in [0.717, 1.165) is 5.56 Å². The molecule has 68 valence electrons. The number of hydrogen-bond donors (Lipinski definition) is 0. The molecule has 0 radical (unpaired) electrons. The SMILES string of the molecule is CC.S=C([S-])c1ccccc1.[Br-].[Mg+2]. The maximum Gasteiger partial charge on any atom is 2.00 e. The Hall–Kier alpha value is 0.776. The topological polar surface area (TPSA) is 0 Å². The molecule has 0 aliphatic carbocycles. The van der Waals surface area contributed by atoms with Gasteiger partial charge in [0.2, 0.25) is 0 Å². The predicted molar refractivity (Wildman–Crippen MR) is 62.6 cm³/mol. The molecule has 1 aromatic carbocycles. The Bertz CT molecular complexity index is 214. The zero-order valence-corrected chi connectivity index (χ0v) is 12.4. The van der Waals surface area contributed by atoms with Crippen molar-refractivity contribution in [3.8, 4) is 0 Å². The van der Waals surface area contributed by atoms with E-state index in [2.05, 4.69) is 0 Å². The van der Waals surface area contributed by atoms with Crippen molar-refractivity contribution in [2.75, 3.05) is 0 Å². The van der Waals surface area contributed by atoms with Gasteiger partial charge in [-0.15, -0.1) is 4.20 Å². The van der Waals surface area contributed by atoms with Crippen molar-refractivity contribution in [2.24, 2.45) is 0 Å². The van der Waals surface area contributed by atoms with Gasteiger partial charge in [-0.3, -0.25) is 0 Å². The van der Waals surface area contributed by atoms with Crippen molar-refractivity contribution < 1.29 is 17.0 Å². The quantitative estimate of drug-likeness (QED) is 0.390. The fraction of sp³-hybridized carbons (Fsp3) is 0.222. The van der Waals surface area contributed by atoms with Crippen LogP contribution in [0.25, 0.3) is 0 Å². The van der Waals surface area contributed by atoms with Crippen LogP contribution in [-0.4, -0.2) is 27.2 Å². The van der Waals surface area contributed by atoms with Gasteiger partial charge in [0.15, 0.2) is 0 Å². The molecule has 0 fully saturated rings. The molecule has 4 heteroatoms. The van der Waals surface area contributed by atoms with Crippen molar-refractivity contribution in [1.29, 1.82) is 0 Å². The third-order valence-corrected chi connectivity index (χ3v) is 1.48. The number of halogens is 1. The molecule has 0 atom stereocenters. The Balaban J connectivity index is -0.000000234. The fourth-order valence-electron chi connectivity index (χ4n) is 0.574. The average molecular weight is 288 g/mol. The Labute approximate surface area is 118 Å². The fourth-order valence-corrected chi connectivity index (χ4v) is 0.846. The van der Waals surface area contributed by atoms with E-state index in [1.54, 1.807) is 0 Å². The van der Waals surface area contributed by atoms with Crippen LogP contribution in [-0.2, 0) is 12.6 Å². The summed E-state index contributed by atoms with van der Waals surface area (Å²) in [6.45, 7) is 4.00. The van der Waals surface area contributed by atoms with Crippen LogP contribution in [0, 0.1) is 0 Å². The van der Waals surface area contributed by atoms with Crippen LogP contribution >= 0.6 is 12.2 Å². The summed E-state index contributed by atoms with van der Waals surface area (Å²) < 4.78 is 0.538. The standard InChI is InChI=1S/C7H6S2.C2H6.BrH.Mg/c8-7(9)6-4-2-1-3-5-6;1-2;;/h1-5H,(H,8,9);1-2H3;1H;/q;;;+2/p-2. The zero-order valence-electron chi connectivity index (χ0n) is 7.79. The molecule has 0 heterocycles. The second-order valence-electron chi connectivity index (χ2n) is 1.65. The van der Waals surface area contributed by atoms with Gasteiger partial charge >= 0.3 is 23.1 Å². The van der Waals surface area contributed by atoms with Gasteiger partial charge in [0.05, 0.1) is 0 Å². The van der Waals surface area contributed by atoms with Gasteiger partial charge < -0.3 is 41.8 Å². The molecule has 0 amide bonds. The molecule has 0 bridgehead atoms. The van der Waals surface area contributed by atoms with Crippen LogP contribution in [0.1, 0.15) is 19.4 Å². The Morgan fingerprint density at radius 3 is 1.77 bits per heavy atom. The molecule has 0 saturated heterocycles. The van der Waals surface area contributed by atoms with Crippen molar-refractivity contribution in [2.45, 2.75) is 13.8 Å². The van der Waals surface area contributed by atoms with E-state index in [0.29, 0.717) is 4.20 Å². The van der Waals surface area contributed by atoms with E-state index in [4.69, 9.17) is 24.8 Å². The first-order chi connectivity index (χ1) is 5.30. The second kappa shape index (κ2) is 12.8. The molecule has 13 heavy (non-hydrogen) atoms. The Kier molecular flexibility index (Phi) is 19.0. The molecule has 0 N–H and O–H groups in total. The predicted octanol–water partition coefficient (Wildman–Crippen LogP) is -0.442. The summed E-state index contributed by atoms with van der Waals surface area (Å²) in [6.07, 6.45) is 0. The van der Waals surface area contributed by atoms with Crippen LogP contribution in [0.2, 0.25) is 0 Å². The summed E-state index contributed by atoms with van der Waals surface area (Å²) in [5.74, 6) is 0. The zero-order chi connectivity index (χ0) is 8.69. The van der Waals surface area contributed by atoms with Crippen LogP contribution in [0.3, 0.4) is 0 Å². The third-order valence-electron chi connectivity index (χ3n) is 1.01. The molecule has 0 nitrogen and oxygen atoms in total. The van der Waals surface area contributed by atoms with Crippen LogP contribution in [0.5, 0.6) is 0 Å². The number of benzene rings is 1. The first-order valence-corrected chi connectivity index (χ1v) is 4.39. The van der Waals surface area contributed by atoms with E-state index in [1.165, 1.54) is 0 Å². The molecule has 0 spiro atoms. The number of hydrogen-bond acceptors (Lipinski definition) is 2. The average Bonchev–Trinajstić information content (AvgIpc) is 2.10. The van der Waals surface area contributed by atoms with Crippen LogP contribution < -0.4 is 17.0 Å². The van der Waals surface area contributed by atoms with Gasteiger partial charge in [0.1, 0.15) is 0 Å². The van der Waals surface area contributed by atoms with Gasteiger partial charge in [-0.25, -0.2) is 0 Å². The van der Waals surface area contributed by atoms with Gasteiger partial charge in [-0.1, -0.05) is 44.2 Å². The monoisotopic (exact) mass is 286 g/mol. The summed E-state index contributed by atoms with van der Waals surface area (Å²) in [7, 11) is 0. The molecular weight excluding hydrogens is 276 g/mol. The minimum atomic E-state index is 0. The smallest absolute Gasteiger partial charge is 1.00 e. The molecule has 0 aromatic heterocycles. The van der Waals surface area contributed by atoms with E-state index in [9.17, 15) is 0 Å². The van der Waals surface area contributed by atoms with Crippen LogP contribution in [0.15, 0.2) is 30.3 Å². The van der Waals surface area contributed by atoms with E-state index >= 15 is 0 Å². The molecule has 1 rings (SSSR count). The molecule has 1 aromatic rings. The number of thiocarbonyl (C=S) groups is 1. The third kappa shape index (κ3) is 9.09. The summed E-state index contributed by atoms with van der Waals surface area (Å²) >= 11 is 9.55. The van der Waals surface area contributed by atoms with E-state index in [1.807, 2.05) is 44.2 Å². The molecule has 0 unspecified atom stereocenters. The summed E-state index contributed by atoms with van der Waals surface area (Å²) in [6, 6.07) is 9.61. The van der Waals surface area contributed by atoms with E-state index < -0.39 is 0 Å². The molecular formula is C9H11BrMgS2. The maximum atomic E-state index is 4.78. The second-order valence-corrected chi connectivity index (χ2v) is 2.73. The van der Waals surface area contributed by atoms with Crippen molar-refractivity contribution >= 4 is 52.1 Å². The van der Waals surface area contributed by atoms with Crippen molar-refractivity contribution in [3.05, 3.63) is 35.9 Å². The first kappa shape index (κ1) is 19.4. The molecule has 0 aliphatic heterocycles. The number of rotatable bonds is 1. The first-order valence-electron chi connectivity index (χ1n) is 3.57. The summed E-state index contributed by atoms with van der Waals surface area (Å²) in [5, 5.41) is 0. The minimum absolute atomic E-state index is 0. The Morgan fingerprint density at radius 1 is 1.15 bits per heavy atom. The summed E-state index contributed by atoms with van der Waals surface area (Å²) in [4.78, 5) is 0. The van der Waals surface area contributed by atoms with Crippen molar-refractivity contribution in [1.82, 2.24) is 0 Å². The Morgan fingerprint density at radius 2 is 1.54 bits per heavy atom. The van der Waals surface area contributed by atoms with Gasteiger partial charge in [0, 0.05) is 0 Å². The summed E-state index contributed by atoms with van der Waals surface area (Å²) in [5.41, 5.74) is 0.961. The van der Waals surface area contributed by atoms with Gasteiger partial charge in [-0.2, -0.15) is 0 Å². The van der Waals surface area contributed by atoms with Gasteiger partial charge in [-0.05, 0) is 5.56 Å². The van der Waals surface area contributed by atoms with Gasteiger partial charge in [0.25, 0.3) is 0 Å². The van der Waals surface area contributed by atoms with Crippen molar-refractivity contribution in [3.63, 3.8) is 0 Å².